The number of nitrogens with zero attached hydrogens (tertiary/aromatic N) is 1. The van der Waals surface area contributed by atoms with Crippen LogP contribution in [0.25, 0.3) is 16.8 Å². The van der Waals surface area contributed by atoms with E-state index < -0.39 is 23.6 Å². The van der Waals surface area contributed by atoms with Crippen molar-refractivity contribution in [2.24, 2.45) is 0 Å². The summed E-state index contributed by atoms with van der Waals surface area (Å²) in [7, 11) is 0. The molecule has 0 radical (unpaired) electrons. The number of carbonyl (C=O) groups is 3. The largest absolute Gasteiger partial charge is 0.490 e. The molecule has 4 aromatic rings. The highest BCUT2D eigenvalue weighted by Crippen LogP contribution is 2.35. The van der Waals surface area contributed by atoms with Gasteiger partial charge in [-0.25, -0.2) is 0 Å². The highest BCUT2D eigenvalue weighted by Gasteiger charge is 2.36. The predicted molar refractivity (Wildman–Crippen MR) is 159 cm³/mol. The third-order valence-electron chi connectivity index (χ3n) is 6.11. The first-order valence-electron chi connectivity index (χ1n) is 12.6. The average molecular weight is 573 g/mol. The first-order valence-corrected chi connectivity index (χ1v) is 13.8. The van der Waals surface area contributed by atoms with E-state index in [0.717, 1.165) is 33.0 Å². The van der Waals surface area contributed by atoms with Crippen LogP contribution in [0.15, 0.2) is 89.8 Å². The molecule has 0 unspecified atom stereocenters. The highest BCUT2D eigenvalue weighted by atomic mass is 35.5. The summed E-state index contributed by atoms with van der Waals surface area (Å²) < 4.78 is 12.0. The van der Waals surface area contributed by atoms with E-state index >= 15 is 0 Å². The molecule has 1 aliphatic heterocycles. The van der Waals surface area contributed by atoms with Crippen LogP contribution >= 0.6 is 23.4 Å². The number of nitrogens with one attached hydrogen (secondary N) is 1. The Labute approximate surface area is 240 Å². The van der Waals surface area contributed by atoms with Gasteiger partial charge >= 0.3 is 0 Å². The van der Waals surface area contributed by atoms with Crippen molar-refractivity contribution in [3.63, 3.8) is 0 Å². The van der Waals surface area contributed by atoms with Crippen molar-refractivity contribution in [3.8, 4) is 11.5 Å². The van der Waals surface area contributed by atoms with Crippen LogP contribution in [0.1, 0.15) is 18.1 Å². The fraction of sp³-hybridized carbons (Fsp3) is 0.129. The zero-order valence-corrected chi connectivity index (χ0v) is 23.1. The number of hydrogen-bond donors (Lipinski definition) is 1. The molecule has 9 heteroatoms. The second-order valence-corrected chi connectivity index (χ2v) is 10.3. The number of imide groups is 1. The zero-order chi connectivity index (χ0) is 28.1. The van der Waals surface area contributed by atoms with Crippen LogP contribution in [0.2, 0.25) is 5.02 Å². The lowest BCUT2D eigenvalue weighted by Gasteiger charge is -2.14. The molecule has 0 spiro atoms. The molecular formula is C31H25ClN2O5S. The summed E-state index contributed by atoms with van der Waals surface area (Å²) in [5.74, 6) is 0.0528. The van der Waals surface area contributed by atoms with E-state index in [1.54, 1.807) is 48.5 Å². The van der Waals surface area contributed by atoms with Gasteiger partial charge in [0.2, 0.25) is 5.91 Å². The fourth-order valence-corrected chi connectivity index (χ4v) is 5.30. The highest BCUT2D eigenvalue weighted by molar-refractivity contribution is 8.18. The molecule has 3 amide bonds. The summed E-state index contributed by atoms with van der Waals surface area (Å²) in [6.45, 7) is 2.25. The Hall–Kier alpha value is -4.27. The minimum Gasteiger partial charge on any atom is -0.490 e. The van der Waals surface area contributed by atoms with Crippen LogP contribution in [0, 0.1) is 0 Å². The van der Waals surface area contributed by atoms with Gasteiger partial charge in [-0.3, -0.25) is 19.3 Å². The summed E-state index contributed by atoms with van der Waals surface area (Å²) in [6.07, 6.45) is 1.61. The van der Waals surface area contributed by atoms with Crippen LogP contribution in [0.5, 0.6) is 11.5 Å². The van der Waals surface area contributed by atoms with Gasteiger partial charge in [0.1, 0.15) is 13.2 Å². The third kappa shape index (κ3) is 6.30. The predicted octanol–water partition coefficient (Wildman–Crippen LogP) is 7.15. The van der Waals surface area contributed by atoms with Crippen molar-refractivity contribution in [1.29, 1.82) is 0 Å². The second kappa shape index (κ2) is 12.3. The number of hydrogen-bond acceptors (Lipinski definition) is 6. The SMILES string of the molecule is CCOc1cc(/C=C2/SC(=O)N(CC(=O)Nc3cccc(Cl)c3)C2=O)ccc1OCc1cccc2ccccc12. The van der Waals surface area contributed by atoms with E-state index in [2.05, 4.69) is 23.5 Å². The van der Waals surface area contributed by atoms with Gasteiger partial charge in [-0.2, -0.15) is 0 Å². The van der Waals surface area contributed by atoms with Gasteiger partial charge in [-0.1, -0.05) is 66.2 Å². The van der Waals surface area contributed by atoms with Gasteiger partial charge in [-0.15, -0.1) is 0 Å². The normalized spacial score (nSPS) is 14.2. The van der Waals surface area contributed by atoms with E-state index in [1.807, 2.05) is 31.2 Å². The number of anilines is 1. The lowest BCUT2D eigenvalue weighted by atomic mass is 10.1. The number of rotatable bonds is 9. The summed E-state index contributed by atoms with van der Waals surface area (Å²) >= 11 is 6.74. The van der Waals surface area contributed by atoms with Crippen molar-refractivity contribution >= 4 is 63.0 Å². The minimum absolute atomic E-state index is 0.215. The first kappa shape index (κ1) is 27.3. The topological polar surface area (TPSA) is 84.9 Å². The number of fused-ring (bicyclic) bond motifs is 1. The number of amides is 3. The number of benzene rings is 4. The lowest BCUT2D eigenvalue weighted by Crippen LogP contribution is -2.36. The van der Waals surface area contributed by atoms with Gasteiger partial charge in [-0.05, 0) is 77.0 Å². The molecule has 7 nitrogen and oxygen atoms in total. The number of thioether (sulfide) groups is 1. The monoisotopic (exact) mass is 572 g/mol. The van der Waals surface area contributed by atoms with Crippen molar-refractivity contribution in [2.45, 2.75) is 13.5 Å². The number of ether oxygens (including phenoxy) is 2. The molecule has 0 aliphatic carbocycles. The Morgan fingerprint density at radius 1 is 0.950 bits per heavy atom. The lowest BCUT2D eigenvalue weighted by molar-refractivity contribution is -0.127. The summed E-state index contributed by atoms with van der Waals surface area (Å²) in [5, 5.41) is 4.85. The Kier molecular flexibility index (Phi) is 8.38. The molecule has 1 saturated heterocycles. The van der Waals surface area contributed by atoms with Crippen molar-refractivity contribution < 1.29 is 23.9 Å². The Morgan fingerprint density at radius 3 is 2.58 bits per heavy atom. The third-order valence-corrected chi connectivity index (χ3v) is 7.25. The van der Waals surface area contributed by atoms with E-state index in [9.17, 15) is 14.4 Å². The number of carbonyl (C=O) groups excluding carboxylic acids is 3. The maximum absolute atomic E-state index is 13.0. The molecule has 1 fully saturated rings. The summed E-state index contributed by atoms with van der Waals surface area (Å²) in [6, 6.07) is 26.2. The molecule has 0 saturated carbocycles. The van der Waals surface area contributed by atoms with E-state index in [0.29, 0.717) is 41.0 Å². The van der Waals surface area contributed by atoms with Crippen molar-refractivity contribution in [3.05, 3.63) is 106 Å². The van der Waals surface area contributed by atoms with Gasteiger partial charge in [0.05, 0.1) is 11.5 Å². The quantitative estimate of drug-likeness (QED) is 0.214. The molecule has 1 N–H and O–H groups in total. The van der Waals surface area contributed by atoms with E-state index in [1.165, 1.54) is 0 Å². The molecular weight excluding hydrogens is 548 g/mol. The van der Waals surface area contributed by atoms with Crippen LogP contribution in [0.3, 0.4) is 0 Å². The average Bonchev–Trinajstić information content (AvgIpc) is 3.20. The molecule has 0 aromatic heterocycles. The Bertz CT molecular complexity index is 1630. The molecule has 0 bridgehead atoms. The number of halogens is 1. The zero-order valence-electron chi connectivity index (χ0n) is 21.6. The molecule has 1 heterocycles. The van der Waals surface area contributed by atoms with E-state index in [4.69, 9.17) is 21.1 Å². The standard InChI is InChI=1S/C31H25ClN2O5S/c1-2-38-27-15-20(13-14-26(27)39-19-22-9-5-8-21-7-3-4-12-25(21)22)16-28-30(36)34(31(37)40-28)18-29(35)33-24-11-6-10-23(32)17-24/h3-17H,2,18-19H2,1H3,(H,33,35)/b28-16+. The van der Waals surface area contributed by atoms with Crippen molar-refractivity contribution in [2.75, 3.05) is 18.5 Å². The molecule has 1 aliphatic rings. The molecule has 4 aromatic carbocycles. The van der Waals surface area contributed by atoms with Gasteiger partial charge in [0.15, 0.2) is 11.5 Å². The van der Waals surface area contributed by atoms with Gasteiger partial charge in [0.25, 0.3) is 11.1 Å². The van der Waals surface area contributed by atoms with Crippen LogP contribution in [-0.2, 0) is 16.2 Å². The second-order valence-electron chi connectivity index (χ2n) is 8.89. The first-order chi connectivity index (χ1) is 19.4. The fourth-order valence-electron chi connectivity index (χ4n) is 4.27. The van der Waals surface area contributed by atoms with Crippen LogP contribution in [0.4, 0.5) is 10.5 Å². The summed E-state index contributed by atoms with van der Waals surface area (Å²) in [4.78, 5) is 39.1. The van der Waals surface area contributed by atoms with Crippen LogP contribution < -0.4 is 14.8 Å². The smallest absolute Gasteiger partial charge is 0.294 e. The Balaban J connectivity index is 1.29. The van der Waals surface area contributed by atoms with Gasteiger partial charge < -0.3 is 14.8 Å². The molecule has 5 rings (SSSR count). The maximum atomic E-state index is 13.0. The minimum atomic E-state index is -0.537. The summed E-state index contributed by atoms with van der Waals surface area (Å²) in [5.41, 5.74) is 2.19. The van der Waals surface area contributed by atoms with Gasteiger partial charge in [0, 0.05) is 10.7 Å². The van der Waals surface area contributed by atoms with Crippen LogP contribution in [-0.4, -0.2) is 35.1 Å². The van der Waals surface area contributed by atoms with Crippen molar-refractivity contribution in [1.82, 2.24) is 4.90 Å². The maximum Gasteiger partial charge on any atom is 0.294 e. The molecule has 40 heavy (non-hydrogen) atoms. The Morgan fingerprint density at radius 2 is 1.75 bits per heavy atom. The molecule has 202 valence electrons. The molecule has 0 atom stereocenters. The van der Waals surface area contributed by atoms with E-state index in [-0.39, 0.29) is 4.91 Å².